The van der Waals surface area contributed by atoms with Crippen molar-refractivity contribution < 1.29 is 9.59 Å². The van der Waals surface area contributed by atoms with Gasteiger partial charge in [-0.15, -0.1) is 0 Å². The molecular formula is C24H33N5O2. The van der Waals surface area contributed by atoms with Crippen LogP contribution in [0.3, 0.4) is 0 Å². The van der Waals surface area contributed by atoms with Crippen LogP contribution < -0.4 is 16.0 Å². The van der Waals surface area contributed by atoms with E-state index in [1.807, 2.05) is 55.5 Å². The summed E-state index contributed by atoms with van der Waals surface area (Å²) in [6, 6.07) is 15.5. The number of nitrogens with one attached hydrogen (secondary N) is 3. The van der Waals surface area contributed by atoms with Gasteiger partial charge in [-0.25, -0.2) is 0 Å². The fourth-order valence-electron chi connectivity index (χ4n) is 3.04. The number of hydrogen-bond acceptors (Lipinski definition) is 3. The lowest BCUT2D eigenvalue weighted by Gasteiger charge is -2.13. The minimum atomic E-state index is -0.0743. The van der Waals surface area contributed by atoms with Crippen LogP contribution in [0.5, 0.6) is 0 Å². The smallest absolute Gasteiger partial charge is 0.253 e. The molecule has 0 aliphatic carbocycles. The first-order chi connectivity index (χ1) is 14.9. The van der Waals surface area contributed by atoms with E-state index in [9.17, 15) is 9.59 Å². The highest BCUT2D eigenvalue weighted by molar-refractivity contribution is 5.94. The Hall–Kier alpha value is -3.35. The van der Waals surface area contributed by atoms with Crippen LogP contribution in [0.1, 0.15) is 35.3 Å². The number of amides is 2. The molecule has 7 nitrogen and oxygen atoms in total. The zero-order valence-electron chi connectivity index (χ0n) is 18.9. The Kier molecular flexibility index (Phi) is 9.55. The molecule has 2 aromatic rings. The van der Waals surface area contributed by atoms with Crippen LogP contribution in [0, 0.1) is 0 Å². The molecule has 0 aliphatic heterocycles. The Balaban J connectivity index is 1.85. The largest absolute Gasteiger partial charge is 0.357 e. The first kappa shape index (κ1) is 23.9. The van der Waals surface area contributed by atoms with Crippen LogP contribution in [0.4, 0.5) is 5.69 Å². The van der Waals surface area contributed by atoms with Gasteiger partial charge in [-0.05, 0) is 55.2 Å². The van der Waals surface area contributed by atoms with Gasteiger partial charge in [0.05, 0.1) is 0 Å². The van der Waals surface area contributed by atoms with E-state index in [2.05, 4.69) is 20.9 Å². The molecule has 0 unspecified atom stereocenters. The van der Waals surface area contributed by atoms with Crippen LogP contribution in [-0.2, 0) is 17.6 Å². The molecule has 2 aromatic carbocycles. The standard InChI is InChI=1S/C24H33N5O2/c1-5-25-24(26-15-13-19-9-11-22(12-10-19)28-18(2)30)27-16-14-20-7-6-8-21(17-20)23(31)29(3)4/h6-12,17H,5,13-16H2,1-4H3,(H,28,30)(H2,25,26,27). The maximum absolute atomic E-state index is 12.1. The van der Waals surface area contributed by atoms with E-state index in [0.717, 1.165) is 48.7 Å². The second-order valence-corrected chi connectivity index (χ2v) is 7.47. The Morgan fingerprint density at radius 3 is 2.35 bits per heavy atom. The molecule has 0 saturated heterocycles. The third-order valence-corrected chi connectivity index (χ3v) is 4.58. The van der Waals surface area contributed by atoms with E-state index in [4.69, 9.17) is 0 Å². The Labute approximate surface area is 184 Å². The highest BCUT2D eigenvalue weighted by Crippen LogP contribution is 2.10. The van der Waals surface area contributed by atoms with E-state index >= 15 is 0 Å². The van der Waals surface area contributed by atoms with Crippen molar-refractivity contribution in [2.24, 2.45) is 4.99 Å². The van der Waals surface area contributed by atoms with Crippen LogP contribution in [0.2, 0.25) is 0 Å². The van der Waals surface area contributed by atoms with Crippen molar-refractivity contribution in [2.45, 2.75) is 26.7 Å². The van der Waals surface area contributed by atoms with Crippen LogP contribution in [0.25, 0.3) is 0 Å². The van der Waals surface area contributed by atoms with Crippen LogP contribution in [0.15, 0.2) is 53.5 Å². The van der Waals surface area contributed by atoms with Gasteiger partial charge in [-0.3, -0.25) is 14.6 Å². The minimum absolute atomic E-state index is 0.00909. The molecule has 166 valence electrons. The van der Waals surface area contributed by atoms with Crippen LogP contribution in [-0.4, -0.2) is 56.4 Å². The van der Waals surface area contributed by atoms with Gasteiger partial charge in [0.2, 0.25) is 5.91 Å². The van der Waals surface area contributed by atoms with Crippen molar-refractivity contribution in [3.05, 3.63) is 65.2 Å². The molecule has 0 atom stereocenters. The number of rotatable bonds is 9. The summed E-state index contributed by atoms with van der Waals surface area (Å²) in [5.74, 6) is 0.711. The zero-order valence-corrected chi connectivity index (χ0v) is 18.9. The lowest BCUT2D eigenvalue weighted by atomic mass is 10.1. The van der Waals surface area contributed by atoms with E-state index in [-0.39, 0.29) is 11.8 Å². The van der Waals surface area contributed by atoms with Gasteiger partial charge in [-0.1, -0.05) is 24.3 Å². The number of benzene rings is 2. The van der Waals surface area contributed by atoms with Crippen molar-refractivity contribution in [1.29, 1.82) is 0 Å². The second-order valence-electron chi connectivity index (χ2n) is 7.47. The SMILES string of the molecule is CCNC(=NCCc1ccc(NC(C)=O)cc1)NCCc1cccc(C(=O)N(C)C)c1. The van der Waals surface area contributed by atoms with Gasteiger partial charge in [0.15, 0.2) is 5.96 Å². The molecule has 7 heteroatoms. The predicted octanol–water partition coefficient (Wildman–Crippen LogP) is 2.69. The summed E-state index contributed by atoms with van der Waals surface area (Å²) in [5, 5.41) is 9.38. The minimum Gasteiger partial charge on any atom is -0.357 e. The lowest BCUT2D eigenvalue weighted by molar-refractivity contribution is -0.114. The van der Waals surface area contributed by atoms with Crippen LogP contribution >= 0.6 is 0 Å². The number of guanidine groups is 1. The number of carbonyl (C=O) groups is 2. The zero-order chi connectivity index (χ0) is 22.6. The molecule has 0 heterocycles. The third-order valence-electron chi connectivity index (χ3n) is 4.58. The lowest BCUT2D eigenvalue weighted by Crippen LogP contribution is -2.38. The fourth-order valence-corrected chi connectivity index (χ4v) is 3.04. The van der Waals surface area contributed by atoms with Crippen molar-refractivity contribution >= 4 is 23.5 Å². The highest BCUT2D eigenvalue weighted by atomic mass is 16.2. The summed E-state index contributed by atoms with van der Waals surface area (Å²) in [6.07, 6.45) is 1.61. The topological polar surface area (TPSA) is 85.8 Å². The molecule has 2 amide bonds. The third kappa shape index (κ3) is 8.50. The quantitative estimate of drug-likeness (QED) is 0.428. The van der Waals surface area contributed by atoms with Gasteiger partial charge in [0.1, 0.15) is 0 Å². The molecule has 0 radical (unpaired) electrons. The first-order valence-electron chi connectivity index (χ1n) is 10.6. The number of aliphatic imine (C=N–C) groups is 1. The summed E-state index contributed by atoms with van der Waals surface area (Å²) in [6.45, 7) is 5.69. The Morgan fingerprint density at radius 1 is 0.968 bits per heavy atom. The number of anilines is 1. The first-order valence-corrected chi connectivity index (χ1v) is 10.6. The molecule has 0 aromatic heterocycles. The van der Waals surface area contributed by atoms with E-state index < -0.39 is 0 Å². The summed E-state index contributed by atoms with van der Waals surface area (Å²) >= 11 is 0. The molecule has 3 N–H and O–H groups in total. The average molecular weight is 424 g/mol. The van der Waals surface area contributed by atoms with Crippen molar-refractivity contribution in [3.8, 4) is 0 Å². The van der Waals surface area contributed by atoms with Crippen molar-refractivity contribution in [3.63, 3.8) is 0 Å². The monoisotopic (exact) mass is 423 g/mol. The summed E-state index contributed by atoms with van der Waals surface area (Å²) in [5.41, 5.74) is 3.77. The Morgan fingerprint density at radius 2 is 1.71 bits per heavy atom. The summed E-state index contributed by atoms with van der Waals surface area (Å²) in [4.78, 5) is 29.5. The average Bonchev–Trinajstić information content (AvgIpc) is 2.74. The summed E-state index contributed by atoms with van der Waals surface area (Å²) in [7, 11) is 3.51. The number of nitrogens with zero attached hydrogens (tertiary/aromatic N) is 2. The number of hydrogen-bond donors (Lipinski definition) is 3. The highest BCUT2D eigenvalue weighted by Gasteiger charge is 2.08. The molecule has 31 heavy (non-hydrogen) atoms. The second kappa shape index (κ2) is 12.4. The fraction of sp³-hybridized carbons (Fsp3) is 0.375. The number of carbonyl (C=O) groups excluding carboxylic acids is 2. The van der Waals surface area contributed by atoms with Gasteiger partial charge in [0, 0.05) is 51.9 Å². The predicted molar refractivity (Wildman–Crippen MR) is 127 cm³/mol. The maximum Gasteiger partial charge on any atom is 0.253 e. The van der Waals surface area contributed by atoms with Gasteiger partial charge >= 0.3 is 0 Å². The molecule has 0 spiro atoms. The van der Waals surface area contributed by atoms with Crippen molar-refractivity contribution in [2.75, 3.05) is 39.0 Å². The molecule has 0 bridgehead atoms. The van der Waals surface area contributed by atoms with E-state index in [1.165, 1.54) is 6.92 Å². The molecule has 2 rings (SSSR count). The maximum atomic E-state index is 12.1. The van der Waals surface area contributed by atoms with E-state index in [1.54, 1.807) is 19.0 Å². The molecule has 0 fully saturated rings. The van der Waals surface area contributed by atoms with Gasteiger partial charge in [0.25, 0.3) is 5.91 Å². The molecular weight excluding hydrogens is 390 g/mol. The van der Waals surface area contributed by atoms with Gasteiger partial charge in [-0.2, -0.15) is 0 Å². The Bertz CT molecular complexity index is 891. The summed E-state index contributed by atoms with van der Waals surface area (Å²) < 4.78 is 0. The molecule has 0 saturated carbocycles. The van der Waals surface area contributed by atoms with E-state index in [0.29, 0.717) is 12.1 Å². The molecule has 0 aliphatic rings. The normalized spacial score (nSPS) is 11.0. The van der Waals surface area contributed by atoms with Gasteiger partial charge < -0.3 is 20.9 Å². The van der Waals surface area contributed by atoms with Crippen molar-refractivity contribution in [1.82, 2.24) is 15.5 Å².